The highest BCUT2D eigenvalue weighted by Crippen LogP contribution is 2.13. The summed E-state index contributed by atoms with van der Waals surface area (Å²) in [5.74, 6) is 0. The maximum atomic E-state index is 5.30. The highest BCUT2D eigenvalue weighted by Gasteiger charge is 2.11. The van der Waals surface area contributed by atoms with Crippen LogP contribution in [0.2, 0.25) is 0 Å². The second-order valence-electron chi connectivity index (χ2n) is 2.04. The fraction of sp³-hybridized carbons (Fsp3) is 1.00. The van der Waals surface area contributed by atoms with Gasteiger partial charge in [0.15, 0.2) is 0 Å². The zero-order valence-electron chi connectivity index (χ0n) is 6.04. The minimum Gasteiger partial charge on any atom is -0.378 e. The molecule has 1 unspecified atom stereocenters. The smallest absolute Gasteiger partial charge is 0.0814 e. The van der Waals surface area contributed by atoms with Crippen LogP contribution in [0.1, 0.15) is 26.2 Å². The van der Waals surface area contributed by atoms with E-state index in [2.05, 4.69) is 6.92 Å². The van der Waals surface area contributed by atoms with Gasteiger partial charge in [0.2, 0.25) is 0 Å². The highest BCUT2D eigenvalue weighted by atomic mass is 19.0. The summed E-state index contributed by atoms with van der Waals surface area (Å²) >= 11 is 0. The third-order valence-corrected chi connectivity index (χ3v) is 1.48. The van der Waals surface area contributed by atoms with E-state index in [0.717, 1.165) is 6.61 Å². The monoisotopic (exact) mass is 174 g/mol. The molecular formula is C6H18BF3O. The van der Waals surface area contributed by atoms with Crippen LogP contribution in [0.3, 0.4) is 0 Å². The zero-order chi connectivity index (χ0) is 5.11. The minimum absolute atomic E-state index is 0. The normalized spacial score (nSPS) is 19.9. The summed E-state index contributed by atoms with van der Waals surface area (Å²) in [5.41, 5.74) is 0. The maximum Gasteiger partial charge on any atom is 0.0814 e. The number of hydrogen-bond donors (Lipinski definition) is 0. The summed E-state index contributed by atoms with van der Waals surface area (Å²) in [5, 5.41) is 0. The first-order valence-corrected chi connectivity index (χ1v) is 3.05. The van der Waals surface area contributed by atoms with Crippen LogP contribution < -0.4 is 0 Å². The molecule has 1 aliphatic rings. The standard InChI is InChI=1S/C6H12O.BH3.3FH/c1-2-6-4-3-5-7-6;;;;/h6H,2-5H2,1H3;1H3;3*1H. The van der Waals surface area contributed by atoms with Crippen LogP contribution in [0.15, 0.2) is 0 Å². The van der Waals surface area contributed by atoms with E-state index in [-0.39, 0.29) is 22.5 Å². The lowest BCUT2D eigenvalue weighted by molar-refractivity contribution is 0.108. The van der Waals surface area contributed by atoms with E-state index in [1.165, 1.54) is 19.3 Å². The van der Waals surface area contributed by atoms with Gasteiger partial charge in [-0.15, -0.1) is 0 Å². The molecule has 1 nitrogen and oxygen atoms in total. The van der Waals surface area contributed by atoms with Gasteiger partial charge < -0.3 is 4.74 Å². The van der Waals surface area contributed by atoms with E-state index in [1.54, 1.807) is 0 Å². The Morgan fingerprint density at radius 1 is 1.27 bits per heavy atom. The molecule has 0 spiro atoms. The van der Waals surface area contributed by atoms with Crippen LogP contribution in [-0.2, 0) is 4.74 Å². The molecule has 1 atom stereocenters. The van der Waals surface area contributed by atoms with Gasteiger partial charge in [0, 0.05) is 6.61 Å². The van der Waals surface area contributed by atoms with Crippen LogP contribution in [0.25, 0.3) is 0 Å². The molecule has 11 heavy (non-hydrogen) atoms. The van der Waals surface area contributed by atoms with Crippen molar-refractivity contribution in [3.8, 4) is 0 Å². The Labute approximate surface area is 67.2 Å². The molecule has 1 rings (SSSR count). The molecule has 0 N–H and O–H groups in total. The first-order chi connectivity index (χ1) is 3.43. The van der Waals surface area contributed by atoms with E-state index in [4.69, 9.17) is 4.74 Å². The van der Waals surface area contributed by atoms with E-state index in [0.29, 0.717) is 6.10 Å². The summed E-state index contributed by atoms with van der Waals surface area (Å²) in [6, 6.07) is 0. The first kappa shape index (κ1) is 22.4. The molecule has 1 heterocycles. The van der Waals surface area contributed by atoms with Gasteiger partial charge in [-0.3, -0.25) is 14.1 Å². The van der Waals surface area contributed by atoms with Crippen molar-refractivity contribution in [3.05, 3.63) is 0 Å². The highest BCUT2D eigenvalue weighted by molar-refractivity contribution is 5.75. The number of ether oxygens (including phenoxy) is 1. The van der Waals surface area contributed by atoms with Crippen LogP contribution in [0.5, 0.6) is 0 Å². The first-order valence-electron chi connectivity index (χ1n) is 3.05. The molecule has 1 fully saturated rings. The predicted octanol–water partition coefficient (Wildman–Crippen LogP) is 0.849. The Morgan fingerprint density at radius 3 is 2.00 bits per heavy atom. The van der Waals surface area contributed by atoms with Crippen LogP contribution in [0.4, 0.5) is 14.1 Å². The summed E-state index contributed by atoms with van der Waals surface area (Å²) in [6.07, 6.45) is 4.36. The van der Waals surface area contributed by atoms with Crippen molar-refractivity contribution in [2.45, 2.75) is 32.3 Å². The lowest BCUT2D eigenvalue weighted by atomic mass is 10.2. The van der Waals surface area contributed by atoms with E-state index >= 15 is 0 Å². The van der Waals surface area contributed by atoms with Crippen LogP contribution in [0, 0.1) is 0 Å². The van der Waals surface area contributed by atoms with E-state index in [1.807, 2.05) is 0 Å². The SMILES string of the molecule is B.CCC1CCCO1.F.F.F. The number of rotatable bonds is 1. The molecule has 0 aromatic rings. The van der Waals surface area contributed by atoms with Gasteiger partial charge in [-0.05, 0) is 19.3 Å². The van der Waals surface area contributed by atoms with Crippen molar-refractivity contribution in [3.63, 3.8) is 0 Å². The van der Waals surface area contributed by atoms with Crippen molar-refractivity contribution in [2.24, 2.45) is 0 Å². The molecule has 0 aliphatic carbocycles. The molecule has 0 aromatic heterocycles. The van der Waals surface area contributed by atoms with Gasteiger partial charge in [-0.2, -0.15) is 0 Å². The average Bonchev–Trinajstić information content (AvgIpc) is 2.14. The lowest BCUT2D eigenvalue weighted by Gasteiger charge is -2.01. The Balaban J connectivity index is -0.0000000612. The predicted molar refractivity (Wildman–Crippen MR) is 46.7 cm³/mol. The van der Waals surface area contributed by atoms with E-state index < -0.39 is 0 Å². The van der Waals surface area contributed by atoms with Crippen molar-refractivity contribution in [1.82, 2.24) is 0 Å². The third kappa shape index (κ3) is 7.71. The summed E-state index contributed by atoms with van der Waals surface area (Å²) in [4.78, 5) is 0. The molecular weight excluding hydrogens is 156 g/mol. The van der Waals surface area contributed by atoms with Crippen molar-refractivity contribution in [2.75, 3.05) is 6.61 Å². The molecule has 0 radical (unpaired) electrons. The molecule has 1 aliphatic heterocycles. The minimum atomic E-state index is 0. The Hall–Kier alpha value is -0.185. The second kappa shape index (κ2) is 12.5. The average molecular weight is 174 g/mol. The summed E-state index contributed by atoms with van der Waals surface area (Å²) in [6.45, 7) is 3.18. The Bertz CT molecular complexity index is 59.8. The zero-order valence-corrected chi connectivity index (χ0v) is 6.04. The molecule has 1 saturated heterocycles. The quantitative estimate of drug-likeness (QED) is 0.535. The van der Waals surface area contributed by atoms with E-state index in [9.17, 15) is 0 Å². The molecule has 0 saturated carbocycles. The van der Waals surface area contributed by atoms with Crippen molar-refractivity contribution < 1.29 is 18.9 Å². The maximum absolute atomic E-state index is 5.30. The number of halogens is 3. The molecule has 5 heteroatoms. The van der Waals surface area contributed by atoms with Gasteiger partial charge in [-0.1, -0.05) is 6.92 Å². The summed E-state index contributed by atoms with van der Waals surface area (Å²) in [7, 11) is 0. The van der Waals surface area contributed by atoms with Crippen molar-refractivity contribution in [1.29, 1.82) is 0 Å². The fourth-order valence-corrected chi connectivity index (χ4v) is 0.966. The topological polar surface area (TPSA) is 9.23 Å². The fourth-order valence-electron chi connectivity index (χ4n) is 0.966. The Kier molecular flexibility index (Phi) is 25.5. The molecule has 0 bridgehead atoms. The van der Waals surface area contributed by atoms with Gasteiger partial charge >= 0.3 is 0 Å². The molecule has 0 aromatic carbocycles. The lowest BCUT2D eigenvalue weighted by Crippen LogP contribution is -2.00. The van der Waals surface area contributed by atoms with Gasteiger partial charge in [0.05, 0.1) is 14.5 Å². The Morgan fingerprint density at radius 2 is 1.82 bits per heavy atom. The second-order valence-corrected chi connectivity index (χ2v) is 2.04. The van der Waals surface area contributed by atoms with Gasteiger partial charge in [0.1, 0.15) is 0 Å². The summed E-state index contributed by atoms with van der Waals surface area (Å²) < 4.78 is 5.30. The van der Waals surface area contributed by atoms with Crippen LogP contribution >= 0.6 is 0 Å². The van der Waals surface area contributed by atoms with Crippen molar-refractivity contribution >= 4 is 8.41 Å². The molecule has 0 amide bonds. The largest absolute Gasteiger partial charge is 0.378 e. The van der Waals surface area contributed by atoms with Gasteiger partial charge in [0.25, 0.3) is 0 Å². The molecule has 72 valence electrons. The number of hydrogen-bond acceptors (Lipinski definition) is 1. The third-order valence-electron chi connectivity index (χ3n) is 1.48. The van der Waals surface area contributed by atoms with Gasteiger partial charge in [-0.25, -0.2) is 0 Å². The van der Waals surface area contributed by atoms with Crippen LogP contribution in [-0.4, -0.2) is 21.1 Å².